The van der Waals surface area contributed by atoms with Crippen LogP contribution in [0.4, 0.5) is 0 Å². The van der Waals surface area contributed by atoms with Crippen molar-refractivity contribution in [1.82, 2.24) is 4.90 Å². The maximum Gasteiger partial charge on any atom is 0.176 e. The van der Waals surface area contributed by atoms with Gasteiger partial charge in [0, 0.05) is 5.56 Å². The van der Waals surface area contributed by atoms with Gasteiger partial charge >= 0.3 is 0 Å². The van der Waals surface area contributed by atoms with Gasteiger partial charge in [0.2, 0.25) is 0 Å². The van der Waals surface area contributed by atoms with Gasteiger partial charge in [-0.25, -0.2) is 0 Å². The molecule has 0 spiro atoms. The fraction of sp³-hybridized carbons (Fsp3) is 0.562. The summed E-state index contributed by atoms with van der Waals surface area (Å²) in [6, 6.07) is 7.42. The van der Waals surface area contributed by atoms with Gasteiger partial charge in [0.05, 0.1) is 13.7 Å². The molecule has 0 aromatic heterocycles. The third kappa shape index (κ3) is 3.80. The predicted molar refractivity (Wildman–Crippen MR) is 76.8 cm³/mol. The van der Waals surface area contributed by atoms with Crippen LogP contribution in [0.3, 0.4) is 0 Å². The number of benzene rings is 1. The molecule has 3 nitrogen and oxygen atoms in total. The van der Waals surface area contributed by atoms with Crippen molar-refractivity contribution in [3.63, 3.8) is 0 Å². The van der Waals surface area contributed by atoms with E-state index in [2.05, 4.69) is 11.8 Å². The lowest BCUT2D eigenvalue weighted by molar-refractivity contribution is 0.0894. The summed E-state index contributed by atoms with van der Waals surface area (Å²) >= 11 is 0. The Bertz CT molecular complexity index is 423. The van der Waals surface area contributed by atoms with E-state index in [1.807, 2.05) is 24.3 Å². The molecule has 2 rings (SSSR count). The Morgan fingerprint density at radius 1 is 1.37 bits per heavy atom. The number of ketones is 1. The van der Waals surface area contributed by atoms with Crippen molar-refractivity contribution in [1.29, 1.82) is 0 Å². The first kappa shape index (κ1) is 14.1. The van der Waals surface area contributed by atoms with E-state index >= 15 is 0 Å². The van der Waals surface area contributed by atoms with E-state index in [9.17, 15) is 4.79 Å². The summed E-state index contributed by atoms with van der Waals surface area (Å²) in [6.45, 7) is 4.88. The van der Waals surface area contributed by atoms with Crippen LogP contribution in [-0.4, -0.2) is 37.4 Å². The van der Waals surface area contributed by atoms with Gasteiger partial charge in [-0.2, -0.15) is 0 Å². The molecule has 0 atom stereocenters. The number of carbonyl (C=O) groups excluding carboxylic acids is 1. The van der Waals surface area contributed by atoms with Crippen LogP contribution < -0.4 is 4.74 Å². The summed E-state index contributed by atoms with van der Waals surface area (Å²) < 4.78 is 5.16. The van der Waals surface area contributed by atoms with Crippen LogP contribution in [0.2, 0.25) is 0 Å². The number of ether oxygens (including phenoxy) is 1. The molecule has 0 saturated carbocycles. The summed E-state index contributed by atoms with van der Waals surface area (Å²) in [5, 5.41) is 0. The van der Waals surface area contributed by atoms with Crippen LogP contribution in [0.1, 0.15) is 36.5 Å². The number of Topliss-reactive ketones (excluding diaryl/α,β-unsaturated/α-hetero) is 1. The molecule has 3 heteroatoms. The number of carbonyl (C=O) groups is 1. The molecule has 1 saturated heterocycles. The Hall–Kier alpha value is -1.35. The molecule has 1 aromatic carbocycles. The SMILES string of the molecule is CCC1CCN(CC(=O)c2cccc(OC)c2)CC1. The van der Waals surface area contributed by atoms with Crippen molar-refractivity contribution >= 4 is 5.78 Å². The summed E-state index contributed by atoms with van der Waals surface area (Å²) in [5.41, 5.74) is 0.747. The molecule has 1 heterocycles. The molecule has 1 fully saturated rings. The van der Waals surface area contributed by atoms with E-state index in [4.69, 9.17) is 4.74 Å². The molecular formula is C16H23NO2. The van der Waals surface area contributed by atoms with Crippen LogP contribution in [0, 0.1) is 5.92 Å². The van der Waals surface area contributed by atoms with Crippen LogP contribution in [0.15, 0.2) is 24.3 Å². The Kier molecular flexibility index (Phi) is 4.97. The molecule has 0 unspecified atom stereocenters. The zero-order chi connectivity index (χ0) is 13.7. The third-order valence-electron chi connectivity index (χ3n) is 4.04. The molecule has 1 aromatic rings. The highest BCUT2D eigenvalue weighted by atomic mass is 16.5. The number of hydrogen-bond acceptors (Lipinski definition) is 3. The van der Waals surface area contributed by atoms with Crippen molar-refractivity contribution in [3.05, 3.63) is 29.8 Å². The second-order valence-electron chi connectivity index (χ2n) is 5.28. The Balaban J connectivity index is 1.90. The monoisotopic (exact) mass is 261 g/mol. The average Bonchev–Trinajstić information content (AvgIpc) is 2.48. The van der Waals surface area contributed by atoms with E-state index < -0.39 is 0 Å². The number of nitrogens with zero attached hydrogens (tertiary/aromatic N) is 1. The van der Waals surface area contributed by atoms with Crippen molar-refractivity contribution in [3.8, 4) is 5.75 Å². The Morgan fingerprint density at radius 3 is 2.74 bits per heavy atom. The molecule has 104 valence electrons. The number of piperidine rings is 1. The van der Waals surface area contributed by atoms with Gasteiger partial charge < -0.3 is 4.74 Å². The molecular weight excluding hydrogens is 238 g/mol. The second kappa shape index (κ2) is 6.71. The van der Waals surface area contributed by atoms with E-state index in [0.29, 0.717) is 6.54 Å². The van der Waals surface area contributed by atoms with Gasteiger partial charge in [-0.05, 0) is 44.0 Å². The summed E-state index contributed by atoms with van der Waals surface area (Å²) in [4.78, 5) is 14.5. The fourth-order valence-corrected chi connectivity index (χ4v) is 2.64. The van der Waals surface area contributed by atoms with Gasteiger partial charge in [0.1, 0.15) is 5.75 Å². The Labute approximate surface area is 115 Å². The predicted octanol–water partition coefficient (Wildman–Crippen LogP) is 3.00. The van der Waals surface area contributed by atoms with E-state index in [1.54, 1.807) is 7.11 Å². The molecule has 0 aliphatic carbocycles. The highest BCUT2D eigenvalue weighted by Gasteiger charge is 2.20. The highest BCUT2D eigenvalue weighted by Crippen LogP contribution is 2.20. The minimum Gasteiger partial charge on any atom is -0.497 e. The van der Waals surface area contributed by atoms with Gasteiger partial charge in [-0.15, -0.1) is 0 Å². The van der Waals surface area contributed by atoms with Gasteiger partial charge in [0.15, 0.2) is 5.78 Å². The highest BCUT2D eigenvalue weighted by molar-refractivity contribution is 5.97. The van der Waals surface area contributed by atoms with Gasteiger partial charge in [-0.1, -0.05) is 25.5 Å². The molecule has 1 aliphatic rings. The summed E-state index contributed by atoms with van der Waals surface area (Å²) in [5.74, 6) is 1.78. The lowest BCUT2D eigenvalue weighted by Gasteiger charge is -2.30. The average molecular weight is 261 g/mol. The van der Waals surface area contributed by atoms with Gasteiger partial charge in [0.25, 0.3) is 0 Å². The standard InChI is InChI=1S/C16H23NO2/c1-3-13-7-9-17(10-8-13)12-16(18)14-5-4-6-15(11-14)19-2/h4-6,11,13H,3,7-10,12H2,1-2H3. The first-order valence-corrected chi connectivity index (χ1v) is 7.12. The first-order chi connectivity index (χ1) is 9.22. The van der Waals surface area contributed by atoms with Crippen molar-refractivity contribution < 1.29 is 9.53 Å². The Morgan fingerprint density at radius 2 is 2.11 bits per heavy atom. The fourth-order valence-electron chi connectivity index (χ4n) is 2.64. The molecule has 1 aliphatic heterocycles. The van der Waals surface area contributed by atoms with E-state index in [-0.39, 0.29) is 5.78 Å². The molecule has 0 bridgehead atoms. The second-order valence-corrected chi connectivity index (χ2v) is 5.28. The number of likely N-dealkylation sites (tertiary alicyclic amines) is 1. The van der Waals surface area contributed by atoms with Gasteiger partial charge in [-0.3, -0.25) is 9.69 Å². The van der Waals surface area contributed by atoms with Crippen LogP contribution in [0.5, 0.6) is 5.75 Å². The zero-order valence-corrected chi connectivity index (χ0v) is 11.9. The van der Waals surface area contributed by atoms with Crippen molar-refractivity contribution in [2.24, 2.45) is 5.92 Å². The minimum absolute atomic E-state index is 0.189. The van der Waals surface area contributed by atoms with Crippen molar-refractivity contribution in [2.45, 2.75) is 26.2 Å². The third-order valence-corrected chi connectivity index (χ3v) is 4.04. The summed E-state index contributed by atoms with van der Waals surface area (Å²) in [6.07, 6.45) is 3.71. The first-order valence-electron chi connectivity index (χ1n) is 7.12. The quantitative estimate of drug-likeness (QED) is 0.763. The maximum absolute atomic E-state index is 12.2. The maximum atomic E-state index is 12.2. The van der Waals surface area contributed by atoms with Crippen LogP contribution in [0.25, 0.3) is 0 Å². The topological polar surface area (TPSA) is 29.5 Å². The van der Waals surface area contributed by atoms with E-state index in [1.165, 1.54) is 19.3 Å². The number of hydrogen-bond donors (Lipinski definition) is 0. The van der Waals surface area contributed by atoms with E-state index in [0.717, 1.165) is 30.3 Å². The molecule has 0 N–H and O–H groups in total. The molecule has 19 heavy (non-hydrogen) atoms. The normalized spacial score (nSPS) is 17.4. The van der Waals surface area contributed by atoms with Crippen LogP contribution >= 0.6 is 0 Å². The minimum atomic E-state index is 0.189. The smallest absolute Gasteiger partial charge is 0.176 e. The largest absolute Gasteiger partial charge is 0.497 e. The molecule has 0 amide bonds. The number of rotatable bonds is 5. The lowest BCUT2D eigenvalue weighted by atomic mass is 9.94. The number of methoxy groups -OCH3 is 1. The summed E-state index contributed by atoms with van der Waals surface area (Å²) in [7, 11) is 1.62. The molecule has 0 radical (unpaired) electrons. The van der Waals surface area contributed by atoms with Crippen molar-refractivity contribution in [2.75, 3.05) is 26.7 Å². The van der Waals surface area contributed by atoms with Crippen LogP contribution in [-0.2, 0) is 0 Å². The lowest BCUT2D eigenvalue weighted by Crippen LogP contribution is -2.37. The zero-order valence-electron chi connectivity index (χ0n) is 11.9.